The van der Waals surface area contributed by atoms with Crippen molar-refractivity contribution < 1.29 is 19.1 Å². The summed E-state index contributed by atoms with van der Waals surface area (Å²) in [5.74, 6) is 1.77. The second-order valence-corrected chi connectivity index (χ2v) is 13.2. The monoisotopic (exact) mass is 636 g/mol. The highest BCUT2D eigenvalue weighted by Crippen LogP contribution is 2.42. The molecule has 47 heavy (non-hydrogen) atoms. The molecule has 4 aromatic rings. The summed E-state index contributed by atoms with van der Waals surface area (Å²) < 4.78 is 14.3. The molecule has 1 saturated carbocycles. The zero-order valence-electron chi connectivity index (χ0n) is 28.1. The van der Waals surface area contributed by atoms with Crippen LogP contribution in [0.15, 0.2) is 84.9 Å². The lowest BCUT2D eigenvalue weighted by atomic mass is 9.87. The third kappa shape index (κ3) is 9.24. The zero-order chi connectivity index (χ0) is 33.2. The van der Waals surface area contributed by atoms with Gasteiger partial charge in [0.25, 0.3) is 5.91 Å². The zero-order valence-corrected chi connectivity index (χ0v) is 28.1. The van der Waals surface area contributed by atoms with Crippen molar-refractivity contribution in [2.75, 3.05) is 7.11 Å². The van der Waals surface area contributed by atoms with Crippen LogP contribution in [0.1, 0.15) is 87.0 Å². The molecule has 1 aromatic heterocycles. The standard InChI is InChI=1S/C39H48N4O4/c1-27(2)21-31(23-37(44)40-25-29-14-7-5-8-15-29)41-39(45)33-24-34(43(42-33)32-18-11-13-28(3)22-32)38-35(46-4)19-12-20-36(38)47-26-30-16-9-6-10-17-30/h5-10,12,14-17,19-20,24,27-28,31-32H,11,13,18,21-23,25-26H2,1-4H3,(H,40,44)(H,41,45)/t28?,31-,32?/m0/s1. The lowest BCUT2D eigenvalue weighted by Gasteiger charge is -2.29. The van der Waals surface area contributed by atoms with E-state index in [1.165, 1.54) is 6.42 Å². The number of benzene rings is 3. The van der Waals surface area contributed by atoms with Gasteiger partial charge < -0.3 is 20.1 Å². The first-order valence-corrected chi connectivity index (χ1v) is 16.9. The Labute approximate surface area is 278 Å². The molecule has 1 aliphatic carbocycles. The van der Waals surface area contributed by atoms with E-state index in [1.807, 2.05) is 89.6 Å². The van der Waals surface area contributed by atoms with Crippen LogP contribution >= 0.6 is 0 Å². The molecular formula is C39H48N4O4. The van der Waals surface area contributed by atoms with Crippen molar-refractivity contribution in [2.45, 2.75) is 84.5 Å². The molecule has 2 unspecified atom stereocenters. The largest absolute Gasteiger partial charge is 0.496 e. The van der Waals surface area contributed by atoms with Crippen molar-refractivity contribution in [3.05, 3.63) is 102 Å². The van der Waals surface area contributed by atoms with E-state index < -0.39 is 0 Å². The van der Waals surface area contributed by atoms with E-state index in [9.17, 15) is 9.59 Å². The molecule has 1 fully saturated rings. The van der Waals surface area contributed by atoms with Crippen LogP contribution < -0.4 is 20.1 Å². The van der Waals surface area contributed by atoms with E-state index in [2.05, 4.69) is 31.4 Å². The third-order valence-electron chi connectivity index (χ3n) is 8.78. The van der Waals surface area contributed by atoms with Crippen LogP contribution in [0.5, 0.6) is 11.5 Å². The van der Waals surface area contributed by atoms with Crippen LogP contribution in [0.25, 0.3) is 11.3 Å². The topological polar surface area (TPSA) is 94.5 Å². The summed E-state index contributed by atoms with van der Waals surface area (Å²) in [7, 11) is 1.65. The molecule has 5 rings (SSSR count). The summed E-state index contributed by atoms with van der Waals surface area (Å²) in [6.45, 7) is 7.31. The quantitative estimate of drug-likeness (QED) is 0.148. The van der Waals surface area contributed by atoms with Gasteiger partial charge in [-0.25, -0.2) is 0 Å². The summed E-state index contributed by atoms with van der Waals surface area (Å²) in [6.07, 6.45) is 5.10. The fraction of sp³-hybridized carbons (Fsp3) is 0.410. The van der Waals surface area contributed by atoms with E-state index in [1.54, 1.807) is 7.11 Å². The van der Waals surface area contributed by atoms with Crippen molar-refractivity contribution in [2.24, 2.45) is 11.8 Å². The maximum Gasteiger partial charge on any atom is 0.272 e. The molecule has 3 aromatic carbocycles. The Morgan fingerprint density at radius 2 is 1.64 bits per heavy atom. The molecule has 8 nitrogen and oxygen atoms in total. The number of methoxy groups -OCH3 is 1. The number of nitrogens with one attached hydrogen (secondary N) is 2. The molecule has 248 valence electrons. The normalized spacial score (nSPS) is 16.8. The third-order valence-corrected chi connectivity index (χ3v) is 8.78. The highest BCUT2D eigenvalue weighted by Gasteiger charge is 2.29. The predicted molar refractivity (Wildman–Crippen MR) is 185 cm³/mol. The number of hydrogen-bond donors (Lipinski definition) is 2. The van der Waals surface area contributed by atoms with Gasteiger partial charge in [0, 0.05) is 19.0 Å². The lowest BCUT2D eigenvalue weighted by molar-refractivity contribution is -0.121. The van der Waals surface area contributed by atoms with E-state index in [-0.39, 0.29) is 36.2 Å². The van der Waals surface area contributed by atoms with E-state index in [0.29, 0.717) is 42.7 Å². The van der Waals surface area contributed by atoms with Crippen molar-refractivity contribution >= 4 is 11.8 Å². The minimum Gasteiger partial charge on any atom is -0.496 e. The molecule has 0 aliphatic heterocycles. The van der Waals surface area contributed by atoms with Gasteiger partial charge in [-0.05, 0) is 60.4 Å². The summed E-state index contributed by atoms with van der Waals surface area (Å²) in [6, 6.07) is 27.3. The maximum atomic E-state index is 13.9. The van der Waals surface area contributed by atoms with Gasteiger partial charge in [-0.1, -0.05) is 100 Å². The van der Waals surface area contributed by atoms with Crippen molar-refractivity contribution in [3.63, 3.8) is 0 Å². The van der Waals surface area contributed by atoms with Crippen LogP contribution in [0, 0.1) is 11.8 Å². The first-order chi connectivity index (χ1) is 22.8. The maximum absolute atomic E-state index is 13.9. The smallest absolute Gasteiger partial charge is 0.272 e. The van der Waals surface area contributed by atoms with Gasteiger partial charge in [0.15, 0.2) is 5.69 Å². The van der Waals surface area contributed by atoms with Gasteiger partial charge in [-0.2, -0.15) is 5.10 Å². The lowest BCUT2D eigenvalue weighted by Crippen LogP contribution is -2.40. The van der Waals surface area contributed by atoms with E-state index in [0.717, 1.165) is 41.6 Å². The van der Waals surface area contributed by atoms with Gasteiger partial charge in [0.05, 0.1) is 24.4 Å². The Balaban J connectivity index is 1.42. The summed E-state index contributed by atoms with van der Waals surface area (Å²) in [4.78, 5) is 26.9. The summed E-state index contributed by atoms with van der Waals surface area (Å²) >= 11 is 0. The molecule has 3 atom stereocenters. The Hall–Kier alpha value is -4.59. The summed E-state index contributed by atoms with van der Waals surface area (Å²) in [5, 5.41) is 11.1. The van der Waals surface area contributed by atoms with Crippen LogP contribution in [-0.4, -0.2) is 34.7 Å². The number of carbonyl (C=O) groups excluding carboxylic acids is 2. The van der Waals surface area contributed by atoms with Gasteiger partial charge in [-0.3, -0.25) is 14.3 Å². The summed E-state index contributed by atoms with van der Waals surface area (Å²) in [5.41, 5.74) is 3.96. The number of ether oxygens (including phenoxy) is 2. The minimum absolute atomic E-state index is 0.101. The Morgan fingerprint density at radius 3 is 2.32 bits per heavy atom. The number of aromatic nitrogens is 2. The first kappa shape index (κ1) is 33.8. The molecule has 0 bridgehead atoms. The Bertz CT molecular complexity index is 1600. The van der Waals surface area contributed by atoms with Gasteiger partial charge >= 0.3 is 0 Å². The van der Waals surface area contributed by atoms with Crippen LogP contribution in [-0.2, 0) is 17.9 Å². The molecule has 0 radical (unpaired) electrons. The highest BCUT2D eigenvalue weighted by molar-refractivity contribution is 5.94. The van der Waals surface area contributed by atoms with Crippen molar-refractivity contribution in [1.29, 1.82) is 0 Å². The van der Waals surface area contributed by atoms with Gasteiger partial charge in [0.1, 0.15) is 18.1 Å². The van der Waals surface area contributed by atoms with Crippen LogP contribution in [0.2, 0.25) is 0 Å². The van der Waals surface area contributed by atoms with Crippen LogP contribution in [0.4, 0.5) is 0 Å². The molecule has 8 heteroatoms. The average molecular weight is 637 g/mol. The predicted octanol–water partition coefficient (Wildman–Crippen LogP) is 7.74. The second kappa shape index (κ2) is 16.3. The fourth-order valence-electron chi connectivity index (χ4n) is 6.50. The molecular weight excluding hydrogens is 588 g/mol. The fourth-order valence-corrected chi connectivity index (χ4v) is 6.50. The first-order valence-electron chi connectivity index (χ1n) is 16.9. The SMILES string of the molecule is COc1cccc(OCc2ccccc2)c1-c1cc(C(=O)N[C@H](CC(=O)NCc2ccccc2)CC(C)C)nn1C1CCCC(C)C1. The van der Waals surface area contributed by atoms with Gasteiger partial charge in [-0.15, -0.1) is 0 Å². The van der Waals surface area contributed by atoms with E-state index in [4.69, 9.17) is 14.6 Å². The molecule has 1 heterocycles. The van der Waals surface area contributed by atoms with Gasteiger partial charge in [0.2, 0.25) is 5.91 Å². The minimum atomic E-state index is -0.336. The number of amides is 2. The number of rotatable bonds is 14. The number of nitrogens with zero attached hydrogens (tertiary/aromatic N) is 2. The second-order valence-electron chi connectivity index (χ2n) is 13.2. The van der Waals surface area contributed by atoms with Crippen molar-refractivity contribution in [3.8, 4) is 22.8 Å². The van der Waals surface area contributed by atoms with E-state index >= 15 is 0 Å². The number of hydrogen-bond acceptors (Lipinski definition) is 5. The van der Waals surface area contributed by atoms with Crippen LogP contribution in [0.3, 0.4) is 0 Å². The Kier molecular flexibility index (Phi) is 11.7. The Morgan fingerprint density at radius 1 is 0.936 bits per heavy atom. The van der Waals surface area contributed by atoms with Crippen molar-refractivity contribution in [1.82, 2.24) is 20.4 Å². The molecule has 2 N–H and O–H groups in total. The molecule has 0 spiro atoms. The molecule has 2 amide bonds. The average Bonchev–Trinajstić information content (AvgIpc) is 3.52. The molecule has 1 aliphatic rings. The molecule has 0 saturated heterocycles. The number of carbonyl (C=O) groups is 2. The highest BCUT2D eigenvalue weighted by atomic mass is 16.5.